The summed E-state index contributed by atoms with van der Waals surface area (Å²) < 4.78 is 32.1. The zero-order valence-electron chi connectivity index (χ0n) is 14.8. The summed E-state index contributed by atoms with van der Waals surface area (Å²) in [6.07, 6.45) is -0.634. The van der Waals surface area contributed by atoms with E-state index in [2.05, 4.69) is 4.90 Å². The largest absolute Gasteiger partial charge is 0.491 e. The smallest absolute Gasteiger partial charge is 0.146 e. The second-order valence-electron chi connectivity index (χ2n) is 6.16. The van der Waals surface area contributed by atoms with Gasteiger partial charge in [-0.05, 0) is 36.4 Å². The van der Waals surface area contributed by atoms with Crippen LogP contribution >= 0.6 is 24.8 Å². The van der Waals surface area contributed by atoms with Crippen molar-refractivity contribution in [1.29, 1.82) is 0 Å². The minimum atomic E-state index is -0.634. The number of piperazine rings is 1. The number of para-hydroxylation sites is 1. The second-order valence-corrected chi connectivity index (χ2v) is 6.16. The summed E-state index contributed by atoms with van der Waals surface area (Å²) in [7, 11) is 0. The number of hydrogen-bond donors (Lipinski definition) is 1. The van der Waals surface area contributed by atoms with Crippen molar-refractivity contribution in [2.45, 2.75) is 6.10 Å². The number of nitrogens with zero attached hydrogens (tertiary/aromatic N) is 2. The van der Waals surface area contributed by atoms with Crippen LogP contribution in [0, 0.1) is 11.6 Å². The Morgan fingerprint density at radius 1 is 0.926 bits per heavy atom. The molecule has 0 bridgehead atoms. The van der Waals surface area contributed by atoms with Crippen molar-refractivity contribution in [3.8, 4) is 5.75 Å². The molecule has 1 fully saturated rings. The number of ether oxygens (including phenoxy) is 1. The molecule has 8 heteroatoms. The first-order valence-electron chi connectivity index (χ1n) is 8.40. The van der Waals surface area contributed by atoms with Crippen LogP contribution < -0.4 is 9.64 Å². The third kappa shape index (κ3) is 6.81. The van der Waals surface area contributed by atoms with E-state index in [1.165, 1.54) is 30.3 Å². The number of hydrogen-bond acceptors (Lipinski definition) is 4. The number of halogens is 4. The predicted octanol–water partition coefficient (Wildman–Crippen LogP) is 3.37. The van der Waals surface area contributed by atoms with E-state index < -0.39 is 6.10 Å². The van der Waals surface area contributed by atoms with E-state index in [4.69, 9.17) is 4.74 Å². The molecule has 1 saturated heterocycles. The van der Waals surface area contributed by atoms with Crippen molar-refractivity contribution >= 4 is 30.5 Å². The van der Waals surface area contributed by atoms with E-state index in [1.54, 1.807) is 12.1 Å². The van der Waals surface area contributed by atoms with E-state index in [-0.39, 0.29) is 43.1 Å². The average molecular weight is 421 g/mol. The van der Waals surface area contributed by atoms with E-state index in [1.807, 2.05) is 11.0 Å². The monoisotopic (exact) mass is 420 g/mol. The highest BCUT2D eigenvalue weighted by molar-refractivity contribution is 5.85. The quantitative estimate of drug-likeness (QED) is 0.776. The molecule has 150 valence electrons. The van der Waals surface area contributed by atoms with Gasteiger partial charge in [-0.1, -0.05) is 12.1 Å². The summed E-state index contributed by atoms with van der Waals surface area (Å²) >= 11 is 0. The lowest BCUT2D eigenvalue weighted by molar-refractivity contribution is 0.0662. The van der Waals surface area contributed by atoms with Crippen LogP contribution in [0.2, 0.25) is 0 Å². The Labute approximate surface area is 170 Å². The van der Waals surface area contributed by atoms with Crippen molar-refractivity contribution in [2.24, 2.45) is 0 Å². The van der Waals surface area contributed by atoms with Gasteiger partial charge < -0.3 is 14.7 Å². The molecule has 1 aliphatic heterocycles. The molecule has 3 rings (SSSR count). The van der Waals surface area contributed by atoms with E-state index in [0.29, 0.717) is 31.1 Å². The molecule has 2 aromatic rings. The molecule has 1 N–H and O–H groups in total. The van der Waals surface area contributed by atoms with Crippen LogP contribution in [-0.2, 0) is 0 Å². The first-order valence-corrected chi connectivity index (χ1v) is 8.40. The molecule has 2 aromatic carbocycles. The van der Waals surface area contributed by atoms with Gasteiger partial charge in [0.2, 0.25) is 0 Å². The molecular formula is C19H24Cl2F2N2O2. The third-order valence-electron chi connectivity index (χ3n) is 4.29. The molecule has 1 unspecified atom stereocenters. The molecule has 0 saturated carbocycles. The highest BCUT2D eigenvalue weighted by Crippen LogP contribution is 2.20. The SMILES string of the molecule is Cl.Cl.OC(COc1ccc(F)cc1)CN1CCN(c2ccccc2F)CC1. The summed E-state index contributed by atoms with van der Waals surface area (Å²) in [5.74, 6) is 0.00845. The Bertz CT molecular complexity index is 684. The van der Waals surface area contributed by atoms with Crippen molar-refractivity contribution < 1.29 is 18.6 Å². The molecule has 0 aromatic heterocycles. The van der Waals surface area contributed by atoms with E-state index in [0.717, 1.165) is 13.1 Å². The van der Waals surface area contributed by atoms with Gasteiger partial charge in [0.1, 0.15) is 30.1 Å². The fourth-order valence-corrected chi connectivity index (χ4v) is 2.95. The Kier molecular flexibility index (Phi) is 9.80. The van der Waals surface area contributed by atoms with Crippen LogP contribution in [0.5, 0.6) is 5.75 Å². The number of rotatable bonds is 6. The van der Waals surface area contributed by atoms with Gasteiger partial charge in [-0.25, -0.2) is 8.78 Å². The maximum Gasteiger partial charge on any atom is 0.146 e. The lowest BCUT2D eigenvalue weighted by Crippen LogP contribution is -2.49. The summed E-state index contributed by atoms with van der Waals surface area (Å²) in [5, 5.41) is 10.1. The normalized spacial score (nSPS) is 15.4. The van der Waals surface area contributed by atoms with Crippen LogP contribution in [-0.4, -0.2) is 55.4 Å². The van der Waals surface area contributed by atoms with Crippen LogP contribution in [0.1, 0.15) is 0 Å². The highest BCUT2D eigenvalue weighted by Gasteiger charge is 2.21. The fourth-order valence-electron chi connectivity index (χ4n) is 2.95. The third-order valence-corrected chi connectivity index (χ3v) is 4.29. The van der Waals surface area contributed by atoms with Crippen LogP contribution in [0.25, 0.3) is 0 Å². The van der Waals surface area contributed by atoms with Gasteiger partial charge in [0.25, 0.3) is 0 Å². The molecule has 0 amide bonds. The second kappa shape index (κ2) is 11.3. The zero-order chi connectivity index (χ0) is 17.6. The fraction of sp³-hybridized carbons (Fsp3) is 0.368. The molecule has 27 heavy (non-hydrogen) atoms. The Morgan fingerprint density at radius 3 is 2.19 bits per heavy atom. The van der Waals surface area contributed by atoms with Crippen LogP contribution in [0.4, 0.5) is 14.5 Å². The minimum Gasteiger partial charge on any atom is -0.491 e. The molecule has 4 nitrogen and oxygen atoms in total. The topological polar surface area (TPSA) is 35.9 Å². The van der Waals surface area contributed by atoms with Crippen molar-refractivity contribution in [2.75, 3.05) is 44.2 Å². The molecule has 1 aliphatic rings. The number of β-amino-alcohol motifs (C(OH)–C–C–N with tert-alkyl or cyclic N) is 1. The Morgan fingerprint density at radius 2 is 1.56 bits per heavy atom. The molecular weight excluding hydrogens is 397 g/mol. The first-order chi connectivity index (χ1) is 12.1. The summed E-state index contributed by atoms with van der Waals surface area (Å²) in [6.45, 7) is 3.58. The molecule has 0 aliphatic carbocycles. The van der Waals surface area contributed by atoms with Gasteiger partial charge in [0, 0.05) is 32.7 Å². The molecule has 1 atom stereocenters. The maximum absolute atomic E-state index is 13.8. The summed E-state index contributed by atoms with van der Waals surface area (Å²) in [6, 6.07) is 12.5. The van der Waals surface area contributed by atoms with Gasteiger partial charge in [-0.3, -0.25) is 4.90 Å². The molecule has 0 radical (unpaired) electrons. The van der Waals surface area contributed by atoms with Crippen molar-refractivity contribution in [3.05, 3.63) is 60.2 Å². The van der Waals surface area contributed by atoms with Crippen LogP contribution in [0.15, 0.2) is 48.5 Å². The number of anilines is 1. The van der Waals surface area contributed by atoms with E-state index in [9.17, 15) is 13.9 Å². The lowest BCUT2D eigenvalue weighted by Gasteiger charge is -2.36. The first kappa shape index (κ1) is 23.4. The Hall–Kier alpha value is -1.60. The number of aliphatic hydroxyl groups excluding tert-OH is 1. The van der Waals surface area contributed by atoms with Gasteiger partial charge in [-0.2, -0.15) is 0 Å². The van der Waals surface area contributed by atoms with E-state index >= 15 is 0 Å². The van der Waals surface area contributed by atoms with Gasteiger partial charge in [0.15, 0.2) is 0 Å². The van der Waals surface area contributed by atoms with Crippen molar-refractivity contribution in [1.82, 2.24) is 4.90 Å². The number of aliphatic hydroxyl groups is 1. The highest BCUT2D eigenvalue weighted by atomic mass is 35.5. The van der Waals surface area contributed by atoms with Gasteiger partial charge >= 0.3 is 0 Å². The van der Waals surface area contributed by atoms with Gasteiger partial charge in [0.05, 0.1) is 5.69 Å². The lowest BCUT2D eigenvalue weighted by atomic mass is 10.2. The molecule has 0 spiro atoms. The summed E-state index contributed by atoms with van der Waals surface area (Å²) in [4.78, 5) is 4.16. The number of benzene rings is 2. The minimum absolute atomic E-state index is 0. The summed E-state index contributed by atoms with van der Waals surface area (Å²) in [5.41, 5.74) is 0.627. The maximum atomic E-state index is 13.8. The predicted molar refractivity (Wildman–Crippen MR) is 107 cm³/mol. The standard InChI is InChI=1S/C19H22F2N2O2.2ClH/c20-15-5-7-17(8-6-15)25-14-16(24)13-22-9-11-23(12-10-22)19-4-2-1-3-18(19)21;;/h1-8,16,24H,9-14H2;2*1H. The zero-order valence-corrected chi connectivity index (χ0v) is 16.4. The van der Waals surface area contributed by atoms with Gasteiger partial charge in [-0.15, -0.1) is 24.8 Å². The average Bonchev–Trinajstić information content (AvgIpc) is 2.62. The Balaban J connectivity index is 0.00000182. The van der Waals surface area contributed by atoms with Crippen LogP contribution in [0.3, 0.4) is 0 Å². The molecule has 1 heterocycles. The van der Waals surface area contributed by atoms with Crippen molar-refractivity contribution in [3.63, 3.8) is 0 Å².